The maximum absolute atomic E-state index is 12.9. The van der Waals surface area contributed by atoms with Crippen LogP contribution < -0.4 is 5.73 Å². The Balaban J connectivity index is 1.83. The van der Waals surface area contributed by atoms with Gasteiger partial charge in [-0.25, -0.2) is 4.39 Å². The normalized spacial score (nSPS) is 19.8. The highest BCUT2D eigenvalue weighted by Gasteiger charge is 2.20. The molecule has 0 aromatic heterocycles. The zero-order valence-electron chi connectivity index (χ0n) is 11.8. The number of piperazine rings is 1. The molecule has 1 saturated heterocycles. The predicted molar refractivity (Wildman–Crippen MR) is 76.5 cm³/mol. The Morgan fingerprint density at radius 3 is 2.21 bits per heavy atom. The topological polar surface area (TPSA) is 32.5 Å². The van der Waals surface area contributed by atoms with E-state index < -0.39 is 0 Å². The Labute approximate surface area is 115 Å². The zero-order chi connectivity index (χ0) is 13.8. The zero-order valence-corrected chi connectivity index (χ0v) is 11.8. The van der Waals surface area contributed by atoms with Crippen LogP contribution in [-0.2, 0) is 0 Å². The smallest absolute Gasteiger partial charge is 0.123 e. The van der Waals surface area contributed by atoms with Crippen LogP contribution in [0.1, 0.15) is 25.5 Å². The molecule has 0 aliphatic carbocycles. The molecule has 1 unspecified atom stereocenters. The van der Waals surface area contributed by atoms with E-state index in [0.29, 0.717) is 6.04 Å². The van der Waals surface area contributed by atoms with Gasteiger partial charge in [0.05, 0.1) is 0 Å². The average Bonchev–Trinajstić information content (AvgIpc) is 2.40. The van der Waals surface area contributed by atoms with Crippen molar-refractivity contribution in [1.29, 1.82) is 0 Å². The van der Waals surface area contributed by atoms with Crippen LogP contribution in [0.4, 0.5) is 4.39 Å². The first-order valence-corrected chi connectivity index (χ1v) is 7.03. The van der Waals surface area contributed by atoms with Gasteiger partial charge in [0.2, 0.25) is 0 Å². The van der Waals surface area contributed by atoms with Crippen molar-refractivity contribution in [3.63, 3.8) is 0 Å². The lowest BCUT2D eigenvalue weighted by molar-refractivity contribution is 0.104. The molecule has 106 valence electrons. The molecule has 0 saturated carbocycles. The number of rotatable bonds is 4. The molecule has 0 spiro atoms. The fraction of sp³-hybridized carbons (Fsp3) is 0.600. The first kappa shape index (κ1) is 14.4. The van der Waals surface area contributed by atoms with Gasteiger partial charge in [0, 0.05) is 44.8 Å². The maximum Gasteiger partial charge on any atom is 0.123 e. The summed E-state index contributed by atoms with van der Waals surface area (Å²) in [7, 11) is 0. The summed E-state index contributed by atoms with van der Waals surface area (Å²) in [5, 5.41) is 0. The van der Waals surface area contributed by atoms with E-state index in [1.807, 2.05) is 0 Å². The first-order chi connectivity index (χ1) is 9.06. The minimum absolute atomic E-state index is 0.0359. The van der Waals surface area contributed by atoms with E-state index in [1.165, 1.54) is 12.1 Å². The highest BCUT2D eigenvalue weighted by molar-refractivity contribution is 5.19. The van der Waals surface area contributed by atoms with E-state index in [9.17, 15) is 4.39 Å². The van der Waals surface area contributed by atoms with Crippen molar-refractivity contribution in [3.8, 4) is 0 Å². The number of nitrogens with two attached hydrogens (primary N) is 1. The second kappa shape index (κ2) is 6.46. The van der Waals surface area contributed by atoms with Gasteiger partial charge in [-0.3, -0.25) is 9.80 Å². The second-order valence-corrected chi connectivity index (χ2v) is 5.59. The van der Waals surface area contributed by atoms with Gasteiger partial charge in [-0.2, -0.15) is 0 Å². The fourth-order valence-electron chi connectivity index (χ4n) is 2.56. The largest absolute Gasteiger partial charge is 0.323 e. The van der Waals surface area contributed by atoms with Gasteiger partial charge in [-0.15, -0.1) is 0 Å². The van der Waals surface area contributed by atoms with Crippen molar-refractivity contribution in [2.75, 3.05) is 32.7 Å². The number of hydrogen-bond donors (Lipinski definition) is 1. The summed E-state index contributed by atoms with van der Waals surface area (Å²) < 4.78 is 12.9. The summed E-state index contributed by atoms with van der Waals surface area (Å²) in [5.41, 5.74) is 7.20. The van der Waals surface area contributed by atoms with Gasteiger partial charge in [0.1, 0.15) is 5.82 Å². The molecule has 0 amide bonds. The summed E-state index contributed by atoms with van der Waals surface area (Å²) in [4.78, 5) is 4.88. The lowest BCUT2D eigenvalue weighted by Crippen LogP contribution is -2.50. The molecule has 19 heavy (non-hydrogen) atoms. The van der Waals surface area contributed by atoms with E-state index in [1.54, 1.807) is 12.1 Å². The molecule has 4 heteroatoms. The highest BCUT2D eigenvalue weighted by Crippen LogP contribution is 2.14. The van der Waals surface area contributed by atoms with Crippen LogP contribution in [0, 0.1) is 5.82 Å². The predicted octanol–water partition coefficient (Wildman–Crippen LogP) is 1.85. The van der Waals surface area contributed by atoms with Gasteiger partial charge in [-0.05, 0) is 31.5 Å². The minimum atomic E-state index is -0.207. The summed E-state index contributed by atoms with van der Waals surface area (Å²) in [6.45, 7) is 9.65. The van der Waals surface area contributed by atoms with Crippen LogP contribution in [0.2, 0.25) is 0 Å². The van der Waals surface area contributed by atoms with Crippen molar-refractivity contribution >= 4 is 0 Å². The van der Waals surface area contributed by atoms with E-state index >= 15 is 0 Å². The number of nitrogens with zero attached hydrogens (tertiary/aromatic N) is 2. The highest BCUT2D eigenvalue weighted by atomic mass is 19.1. The van der Waals surface area contributed by atoms with Gasteiger partial charge in [-0.1, -0.05) is 12.1 Å². The van der Waals surface area contributed by atoms with E-state index in [-0.39, 0.29) is 11.9 Å². The van der Waals surface area contributed by atoms with Gasteiger partial charge in [0.15, 0.2) is 0 Å². The van der Waals surface area contributed by atoms with E-state index in [0.717, 1.165) is 38.3 Å². The molecule has 1 aliphatic rings. The third-order valence-corrected chi connectivity index (χ3v) is 3.89. The number of hydrogen-bond acceptors (Lipinski definition) is 3. The molecule has 1 atom stereocenters. The molecule has 1 aromatic rings. The molecule has 2 N–H and O–H groups in total. The molecule has 1 fully saturated rings. The molecule has 0 bridgehead atoms. The Hall–Kier alpha value is -0.970. The SMILES string of the molecule is CC(C)N1CCN(CC(N)c2ccc(F)cc2)CC1. The Bertz CT molecular complexity index is 383. The van der Waals surface area contributed by atoms with Crippen molar-refractivity contribution in [1.82, 2.24) is 9.80 Å². The quantitative estimate of drug-likeness (QED) is 0.902. The van der Waals surface area contributed by atoms with E-state index in [2.05, 4.69) is 23.6 Å². The molecular formula is C15H24FN3. The van der Waals surface area contributed by atoms with Crippen molar-refractivity contribution < 1.29 is 4.39 Å². The van der Waals surface area contributed by atoms with Crippen molar-refractivity contribution in [3.05, 3.63) is 35.6 Å². The van der Waals surface area contributed by atoms with E-state index in [4.69, 9.17) is 5.73 Å². The summed E-state index contributed by atoms with van der Waals surface area (Å²) in [6.07, 6.45) is 0. The summed E-state index contributed by atoms with van der Waals surface area (Å²) in [5.74, 6) is -0.207. The molecule has 3 nitrogen and oxygen atoms in total. The van der Waals surface area contributed by atoms with Crippen LogP contribution in [0.15, 0.2) is 24.3 Å². The van der Waals surface area contributed by atoms with Crippen LogP contribution in [0.3, 0.4) is 0 Å². The third kappa shape index (κ3) is 4.00. The molecule has 0 radical (unpaired) electrons. The lowest BCUT2D eigenvalue weighted by Gasteiger charge is -2.37. The van der Waals surface area contributed by atoms with Gasteiger partial charge >= 0.3 is 0 Å². The standard InChI is InChI=1S/C15H24FN3/c1-12(2)19-9-7-18(8-10-19)11-15(17)13-3-5-14(16)6-4-13/h3-6,12,15H,7-11,17H2,1-2H3. The van der Waals surface area contributed by atoms with Crippen LogP contribution in [0.25, 0.3) is 0 Å². The van der Waals surface area contributed by atoms with Crippen LogP contribution in [0.5, 0.6) is 0 Å². The molecular weight excluding hydrogens is 241 g/mol. The van der Waals surface area contributed by atoms with Crippen molar-refractivity contribution in [2.24, 2.45) is 5.73 Å². The monoisotopic (exact) mass is 265 g/mol. The fourth-order valence-corrected chi connectivity index (χ4v) is 2.56. The van der Waals surface area contributed by atoms with Gasteiger partial charge in [0.25, 0.3) is 0 Å². The van der Waals surface area contributed by atoms with Crippen LogP contribution >= 0.6 is 0 Å². The molecule has 1 heterocycles. The maximum atomic E-state index is 12.9. The average molecular weight is 265 g/mol. The van der Waals surface area contributed by atoms with Gasteiger partial charge < -0.3 is 5.73 Å². The third-order valence-electron chi connectivity index (χ3n) is 3.89. The van der Waals surface area contributed by atoms with Crippen molar-refractivity contribution in [2.45, 2.75) is 25.9 Å². The molecule has 1 aromatic carbocycles. The van der Waals surface area contributed by atoms with Crippen LogP contribution in [-0.4, -0.2) is 48.6 Å². The molecule has 2 rings (SSSR count). The Kier molecular flexibility index (Phi) is 4.91. The summed E-state index contributed by atoms with van der Waals surface area (Å²) >= 11 is 0. The second-order valence-electron chi connectivity index (χ2n) is 5.59. The number of benzene rings is 1. The minimum Gasteiger partial charge on any atom is -0.323 e. The Morgan fingerprint density at radius 1 is 1.11 bits per heavy atom. The lowest BCUT2D eigenvalue weighted by atomic mass is 10.1. The first-order valence-electron chi connectivity index (χ1n) is 7.03. The molecule has 1 aliphatic heterocycles. The summed E-state index contributed by atoms with van der Waals surface area (Å²) in [6, 6.07) is 7.10. The number of halogens is 1. The Morgan fingerprint density at radius 2 is 1.68 bits per heavy atom.